The van der Waals surface area contributed by atoms with Gasteiger partial charge in [0.05, 0.1) is 36.2 Å². The smallest absolute Gasteiger partial charge is 0.416 e. The molecule has 3 heterocycles. The number of carbonyl (C=O) groups is 1. The summed E-state index contributed by atoms with van der Waals surface area (Å²) in [5.41, 5.74) is -1.22. The molecule has 0 atom stereocenters. The lowest BCUT2D eigenvalue weighted by Crippen LogP contribution is -2.48. The maximum atomic E-state index is 12.9. The van der Waals surface area contributed by atoms with Gasteiger partial charge in [-0.3, -0.25) is 9.48 Å². The number of aromatic amines is 1. The highest BCUT2D eigenvalue weighted by Crippen LogP contribution is 2.38. The molecule has 1 aliphatic rings. The Bertz CT molecular complexity index is 1300. The largest absolute Gasteiger partial charge is 0.453 e. The second kappa shape index (κ2) is 8.74. The van der Waals surface area contributed by atoms with Crippen molar-refractivity contribution in [2.45, 2.75) is 31.0 Å². The van der Waals surface area contributed by atoms with Crippen molar-refractivity contribution >= 4 is 28.5 Å². The molecule has 9 nitrogen and oxygen atoms in total. The number of piperidine rings is 1. The number of anilines is 2. The average molecular weight is 474 g/mol. The van der Waals surface area contributed by atoms with Crippen molar-refractivity contribution in [2.75, 3.05) is 25.5 Å². The zero-order valence-electron chi connectivity index (χ0n) is 18.1. The third-order valence-electron chi connectivity index (χ3n) is 6.06. The van der Waals surface area contributed by atoms with E-state index in [1.165, 1.54) is 30.3 Å². The van der Waals surface area contributed by atoms with Crippen LogP contribution < -0.4 is 10.9 Å². The summed E-state index contributed by atoms with van der Waals surface area (Å²) < 4.78 is 45.1. The standard InChI is InChI=1S/C22H21F3N6O3/c1-34-20(33)30-12-8-21(7-10-26,9-13-30)31-16-6-11-27-19(32)17(16)18(29-31)28-15-4-2-14(3-5-15)22(23,24)25/h2-6,11H,7-9,12-13H2,1H3,(H,27,32)(H,28,29). The quantitative estimate of drug-likeness (QED) is 0.591. The first-order valence-electron chi connectivity index (χ1n) is 10.4. The van der Waals surface area contributed by atoms with Gasteiger partial charge in [-0.05, 0) is 43.2 Å². The number of nitrogens with zero attached hydrogens (tertiary/aromatic N) is 4. The van der Waals surface area contributed by atoms with Crippen LogP contribution in [0.2, 0.25) is 0 Å². The number of pyridine rings is 1. The summed E-state index contributed by atoms with van der Waals surface area (Å²) in [4.78, 5) is 28.7. The number of H-pyrrole nitrogens is 1. The predicted octanol–water partition coefficient (Wildman–Crippen LogP) is 3.96. The van der Waals surface area contributed by atoms with Crippen LogP contribution in [0.25, 0.3) is 10.9 Å². The van der Waals surface area contributed by atoms with Crippen LogP contribution in [0, 0.1) is 11.3 Å². The minimum Gasteiger partial charge on any atom is -0.453 e. The molecule has 0 radical (unpaired) electrons. The number of benzene rings is 1. The first-order valence-corrected chi connectivity index (χ1v) is 10.4. The number of hydrogen-bond acceptors (Lipinski definition) is 6. The van der Waals surface area contributed by atoms with Gasteiger partial charge in [0.15, 0.2) is 5.82 Å². The summed E-state index contributed by atoms with van der Waals surface area (Å²) in [5, 5.41) is 17.3. The highest BCUT2D eigenvalue weighted by Gasteiger charge is 2.40. The Morgan fingerprint density at radius 1 is 1.26 bits per heavy atom. The molecule has 178 valence electrons. The lowest BCUT2D eigenvalue weighted by molar-refractivity contribution is -0.137. The van der Waals surface area contributed by atoms with Crippen molar-refractivity contribution in [1.29, 1.82) is 5.26 Å². The van der Waals surface area contributed by atoms with E-state index in [-0.39, 0.29) is 17.6 Å². The topological polar surface area (TPSA) is 116 Å². The van der Waals surface area contributed by atoms with Gasteiger partial charge in [0, 0.05) is 25.0 Å². The zero-order valence-corrected chi connectivity index (χ0v) is 18.1. The summed E-state index contributed by atoms with van der Waals surface area (Å²) in [5.74, 6) is 0.157. The Morgan fingerprint density at radius 3 is 2.53 bits per heavy atom. The first kappa shape index (κ1) is 23.2. The summed E-state index contributed by atoms with van der Waals surface area (Å²) in [7, 11) is 1.30. The van der Waals surface area contributed by atoms with Crippen molar-refractivity contribution in [3.05, 3.63) is 52.4 Å². The van der Waals surface area contributed by atoms with Gasteiger partial charge in [-0.25, -0.2) is 4.79 Å². The molecule has 0 bridgehead atoms. The van der Waals surface area contributed by atoms with E-state index in [0.717, 1.165) is 12.1 Å². The second-order valence-electron chi connectivity index (χ2n) is 8.04. The Kier molecular flexibility index (Phi) is 5.95. The molecule has 0 saturated carbocycles. The number of fused-ring (bicyclic) bond motifs is 1. The van der Waals surface area contributed by atoms with Gasteiger partial charge in [-0.2, -0.15) is 23.5 Å². The van der Waals surface area contributed by atoms with Gasteiger partial charge >= 0.3 is 12.3 Å². The molecule has 0 aliphatic carbocycles. The number of rotatable bonds is 4. The van der Waals surface area contributed by atoms with E-state index in [2.05, 4.69) is 21.5 Å². The molecule has 1 aromatic carbocycles. The number of hydrogen-bond donors (Lipinski definition) is 2. The van der Waals surface area contributed by atoms with Gasteiger partial charge in [-0.1, -0.05) is 0 Å². The van der Waals surface area contributed by atoms with Gasteiger partial charge in [0.2, 0.25) is 0 Å². The third-order valence-corrected chi connectivity index (χ3v) is 6.06. The van der Waals surface area contributed by atoms with E-state index in [4.69, 9.17) is 4.74 Å². The molecule has 12 heteroatoms. The Balaban J connectivity index is 1.74. The molecule has 2 N–H and O–H groups in total. The van der Waals surface area contributed by atoms with Crippen LogP contribution in [0.1, 0.15) is 24.8 Å². The van der Waals surface area contributed by atoms with E-state index in [1.54, 1.807) is 10.7 Å². The second-order valence-corrected chi connectivity index (χ2v) is 8.04. The third kappa shape index (κ3) is 4.16. The summed E-state index contributed by atoms with van der Waals surface area (Å²) in [6.07, 6.45) is -2.57. The molecule has 3 aromatic rings. The van der Waals surface area contributed by atoms with Crippen LogP contribution in [-0.4, -0.2) is 46.0 Å². The van der Waals surface area contributed by atoms with E-state index in [1.807, 2.05) is 0 Å². The van der Waals surface area contributed by atoms with Gasteiger partial charge in [-0.15, -0.1) is 0 Å². The van der Waals surface area contributed by atoms with E-state index >= 15 is 0 Å². The molecule has 0 unspecified atom stereocenters. The maximum absolute atomic E-state index is 12.9. The number of ether oxygens (including phenoxy) is 1. The van der Waals surface area contributed by atoms with Crippen molar-refractivity contribution < 1.29 is 22.7 Å². The number of amides is 1. The van der Waals surface area contributed by atoms with Crippen LogP contribution in [0.4, 0.5) is 29.5 Å². The average Bonchev–Trinajstić information content (AvgIpc) is 3.19. The van der Waals surface area contributed by atoms with Crippen molar-refractivity contribution in [3.8, 4) is 6.07 Å². The molecule has 1 fully saturated rings. The number of halogens is 3. The molecule has 2 aromatic heterocycles. The van der Waals surface area contributed by atoms with Crippen molar-refractivity contribution in [2.24, 2.45) is 0 Å². The molecular formula is C22H21F3N6O3. The molecule has 0 spiro atoms. The lowest BCUT2D eigenvalue weighted by Gasteiger charge is -2.40. The van der Waals surface area contributed by atoms with E-state index in [0.29, 0.717) is 37.1 Å². The van der Waals surface area contributed by atoms with Gasteiger partial charge in [0.25, 0.3) is 5.56 Å². The number of methoxy groups -OCH3 is 1. The molecular weight excluding hydrogens is 453 g/mol. The van der Waals surface area contributed by atoms with Gasteiger partial charge < -0.3 is 19.9 Å². The van der Waals surface area contributed by atoms with Crippen LogP contribution >= 0.6 is 0 Å². The van der Waals surface area contributed by atoms with Crippen LogP contribution in [0.15, 0.2) is 41.3 Å². The number of aromatic nitrogens is 3. The summed E-state index contributed by atoms with van der Waals surface area (Å²) >= 11 is 0. The Morgan fingerprint density at radius 2 is 1.94 bits per heavy atom. The fourth-order valence-electron chi connectivity index (χ4n) is 4.25. The van der Waals surface area contributed by atoms with Crippen LogP contribution in [0.5, 0.6) is 0 Å². The van der Waals surface area contributed by atoms with Crippen LogP contribution in [0.3, 0.4) is 0 Å². The first-order chi connectivity index (χ1) is 16.2. The minimum absolute atomic E-state index is 0.0886. The molecule has 4 rings (SSSR count). The number of likely N-dealkylation sites (tertiary alicyclic amines) is 1. The normalized spacial score (nSPS) is 15.7. The predicted molar refractivity (Wildman–Crippen MR) is 116 cm³/mol. The summed E-state index contributed by atoms with van der Waals surface area (Å²) in [6, 6.07) is 8.23. The number of nitrogens with one attached hydrogen (secondary N) is 2. The molecule has 1 aliphatic heterocycles. The highest BCUT2D eigenvalue weighted by atomic mass is 19.4. The fourth-order valence-corrected chi connectivity index (χ4v) is 4.25. The zero-order chi connectivity index (χ0) is 24.5. The monoisotopic (exact) mass is 474 g/mol. The Labute approximate surface area is 191 Å². The van der Waals surface area contributed by atoms with Crippen LogP contribution in [-0.2, 0) is 16.5 Å². The highest BCUT2D eigenvalue weighted by molar-refractivity contribution is 5.91. The molecule has 1 amide bonds. The lowest BCUT2D eigenvalue weighted by atomic mass is 9.85. The molecule has 1 saturated heterocycles. The Hall–Kier alpha value is -4.01. The van der Waals surface area contributed by atoms with Crippen molar-refractivity contribution in [3.63, 3.8) is 0 Å². The van der Waals surface area contributed by atoms with Gasteiger partial charge in [0.1, 0.15) is 5.39 Å². The minimum atomic E-state index is -4.47. The summed E-state index contributed by atoms with van der Waals surface area (Å²) in [6.45, 7) is 0.668. The van der Waals surface area contributed by atoms with E-state index in [9.17, 15) is 28.0 Å². The number of alkyl halides is 3. The number of nitriles is 1. The van der Waals surface area contributed by atoms with E-state index < -0.39 is 28.9 Å². The maximum Gasteiger partial charge on any atom is 0.416 e. The molecule has 34 heavy (non-hydrogen) atoms. The fraction of sp³-hybridized carbons (Fsp3) is 0.364. The number of carbonyl (C=O) groups excluding carboxylic acids is 1. The SMILES string of the molecule is COC(=O)N1CCC(CC#N)(n2nc(Nc3ccc(C(F)(F)F)cc3)c3c(=O)[nH]ccc32)CC1. The van der Waals surface area contributed by atoms with Crippen molar-refractivity contribution in [1.82, 2.24) is 19.7 Å².